The Labute approximate surface area is 143 Å². The molecule has 2 rings (SSSR count). The zero-order chi connectivity index (χ0) is 17.7. The summed E-state index contributed by atoms with van der Waals surface area (Å²) in [6.07, 6.45) is 1.55. The minimum absolute atomic E-state index is 0.127. The number of hydrogen-bond acceptors (Lipinski definition) is 4. The van der Waals surface area contributed by atoms with E-state index in [0.717, 1.165) is 5.56 Å². The van der Waals surface area contributed by atoms with Crippen LogP contribution in [0.15, 0.2) is 60.0 Å². The topological polar surface area (TPSA) is 55.8 Å². The molecular formula is C18H21NO4S. The molecule has 0 heterocycles. The van der Waals surface area contributed by atoms with Gasteiger partial charge >= 0.3 is 0 Å². The van der Waals surface area contributed by atoms with Crippen molar-refractivity contribution >= 4 is 15.7 Å². The van der Waals surface area contributed by atoms with Gasteiger partial charge in [-0.25, -0.2) is 8.42 Å². The Hall–Kier alpha value is -2.47. The van der Waals surface area contributed by atoms with Crippen LogP contribution in [0.2, 0.25) is 0 Å². The lowest BCUT2D eigenvalue weighted by molar-refractivity contribution is 0.354. The zero-order valence-corrected chi connectivity index (χ0v) is 14.8. The lowest BCUT2D eigenvalue weighted by Crippen LogP contribution is -2.31. The number of aryl methyl sites for hydroxylation is 1. The number of anilines is 1. The first-order valence-corrected chi connectivity index (χ1v) is 8.80. The number of benzene rings is 2. The Balaban J connectivity index is 2.52. The van der Waals surface area contributed by atoms with Crippen LogP contribution in [0, 0.1) is 6.92 Å². The first-order chi connectivity index (χ1) is 11.4. The van der Waals surface area contributed by atoms with E-state index in [1.807, 2.05) is 19.1 Å². The molecule has 0 aliphatic carbocycles. The highest BCUT2D eigenvalue weighted by atomic mass is 32.2. The molecule has 24 heavy (non-hydrogen) atoms. The van der Waals surface area contributed by atoms with Crippen LogP contribution in [-0.4, -0.2) is 29.2 Å². The summed E-state index contributed by atoms with van der Waals surface area (Å²) in [7, 11) is -0.790. The van der Waals surface area contributed by atoms with Crippen LogP contribution in [-0.2, 0) is 10.0 Å². The highest BCUT2D eigenvalue weighted by molar-refractivity contribution is 7.92. The minimum Gasteiger partial charge on any atom is -0.493 e. The average Bonchev–Trinajstić information content (AvgIpc) is 2.59. The molecule has 5 nitrogen and oxygen atoms in total. The Morgan fingerprint density at radius 1 is 1.04 bits per heavy atom. The van der Waals surface area contributed by atoms with Gasteiger partial charge in [-0.05, 0) is 31.2 Å². The third-order valence-corrected chi connectivity index (χ3v) is 5.35. The second-order valence-electron chi connectivity index (χ2n) is 5.18. The van der Waals surface area contributed by atoms with Gasteiger partial charge < -0.3 is 9.47 Å². The largest absolute Gasteiger partial charge is 0.493 e. The summed E-state index contributed by atoms with van der Waals surface area (Å²) in [6.45, 7) is 5.78. The molecule has 0 amide bonds. The summed E-state index contributed by atoms with van der Waals surface area (Å²) in [4.78, 5) is 0.127. The number of hydrogen-bond donors (Lipinski definition) is 0. The Bertz CT molecular complexity index is 813. The number of sulfonamides is 1. The minimum atomic E-state index is -3.76. The van der Waals surface area contributed by atoms with Crippen molar-refractivity contribution in [2.75, 3.05) is 25.1 Å². The third-order valence-electron chi connectivity index (χ3n) is 3.56. The molecule has 0 aliphatic heterocycles. The van der Waals surface area contributed by atoms with E-state index in [1.165, 1.54) is 30.7 Å². The van der Waals surface area contributed by atoms with E-state index in [-0.39, 0.29) is 11.4 Å². The molecule has 0 saturated heterocycles. The van der Waals surface area contributed by atoms with E-state index < -0.39 is 10.0 Å². The maximum Gasteiger partial charge on any atom is 0.264 e. The summed E-state index contributed by atoms with van der Waals surface area (Å²) in [5, 5.41) is 0. The Kier molecular flexibility index (Phi) is 5.51. The van der Waals surface area contributed by atoms with E-state index in [1.54, 1.807) is 24.3 Å². The van der Waals surface area contributed by atoms with Crippen LogP contribution in [0.1, 0.15) is 5.56 Å². The Morgan fingerprint density at radius 3 is 2.21 bits per heavy atom. The predicted molar refractivity (Wildman–Crippen MR) is 95.5 cm³/mol. The van der Waals surface area contributed by atoms with Gasteiger partial charge in [-0.1, -0.05) is 23.8 Å². The highest BCUT2D eigenvalue weighted by Crippen LogP contribution is 2.32. The van der Waals surface area contributed by atoms with Gasteiger partial charge in [0.05, 0.1) is 31.3 Å². The maximum absolute atomic E-state index is 13.1. The van der Waals surface area contributed by atoms with Crippen LogP contribution in [0.3, 0.4) is 0 Å². The molecule has 0 aromatic heterocycles. The standard InChI is InChI=1S/C18H21NO4S/c1-5-12-19(15-8-6-14(2)7-9-15)24(20,21)16-10-11-17(22-3)18(13-16)23-4/h5-11,13H,1,12H2,2-4H3. The molecule has 0 fully saturated rings. The van der Waals surface area contributed by atoms with Crippen molar-refractivity contribution in [3.63, 3.8) is 0 Å². The van der Waals surface area contributed by atoms with Gasteiger partial charge in [0.2, 0.25) is 0 Å². The quantitative estimate of drug-likeness (QED) is 0.721. The van der Waals surface area contributed by atoms with Crippen LogP contribution < -0.4 is 13.8 Å². The molecule has 0 N–H and O–H groups in total. The van der Waals surface area contributed by atoms with Crippen LogP contribution >= 0.6 is 0 Å². The fraction of sp³-hybridized carbons (Fsp3) is 0.222. The van der Waals surface area contributed by atoms with E-state index in [4.69, 9.17) is 9.47 Å². The molecule has 2 aromatic rings. The van der Waals surface area contributed by atoms with Crippen molar-refractivity contribution in [2.45, 2.75) is 11.8 Å². The molecule has 0 aliphatic rings. The molecule has 0 saturated carbocycles. The third kappa shape index (κ3) is 3.54. The SMILES string of the molecule is C=CCN(c1ccc(C)cc1)S(=O)(=O)c1ccc(OC)c(OC)c1. The fourth-order valence-corrected chi connectivity index (χ4v) is 3.73. The summed E-state index contributed by atoms with van der Waals surface area (Å²) < 4.78 is 37.8. The van der Waals surface area contributed by atoms with E-state index in [0.29, 0.717) is 17.2 Å². The first-order valence-electron chi connectivity index (χ1n) is 7.36. The van der Waals surface area contributed by atoms with Crippen molar-refractivity contribution < 1.29 is 17.9 Å². The molecule has 6 heteroatoms. The smallest absolute Gasteiger partial charge is 0.264 e. The van der Waals surface area contributed by atoms with Crippen molar-refractivity contribution in [1.82, 2.24) is 0 Å². The number of nitrogens with zero attached hydrogens (tertiary/aromatic N) is 1. The van der Waals surface area contributed by atoms with Gasteiger partial charge in [-0.2, -0.15) is 0 Å². The van der Waals surface area contributed by atoms with Crippen LogP contribution in [0.4, 0.5) is 5.69 Å². The summed E-state index contributed by atoms with van der Waals surface area (Å²) in [5.41, 5.74) is 1.64. The summed E-state index contributed by atoms with van der Waals surface area (Å²) >= 11 is 0. The second-order valence-corrected chi connectivity index (χ2v) is 7.04. The van der Waals surface area contributed by atoms with Gasteiger partial charge in [0.25, 0.3) is 10.0 Å². The Morgan fingerprint density at radius 2 is 1.67 bits per heavy atom. The van der Waals surface area contributed by atoms with Crippen molar-refractivity contribution in [3.05, 3.63) is 60.7 Å². The predicted octanol–water partition coefficient (Wildman–Crippen LogP) is 3.39. The van der Waals surface area contributed by atoms with Gasteiger partial charge in [0, 0.05) is 6.07 Å². The van der Waals surface area contributed by atoms with Crippen molar-refractivity contribution in [3.8, 4) is 11.5 Å². The first kappa shape index (κ1) is 17.9. The maximum atomic E-state index is 13.1. The van der Waals surface area contributed by atoms with Gasteiger partial charge in [-0.3, -0.25) is 4.31 Å². The second kappa shape index (κ2) is 7.40. The van der Waals surface area contributed by atoms with Gasteiger partial charge in [-0.15, -0.1) is 6.58 Å². The molecule has 0 unspecified atom stereocenters. The molecular weight excluding hydrogens is 326 g/mol. The molecule has 0 spiro atoms. The van der Waals surface area contributed by atoms with Gasteiger partial charge in [0.1, 0.15) is 0 Å². The highest BCUT2D eigenvalue weighted by Gasteiger charge is 2.25. The van der Waals surface area contributed by atoms with Gasteiger partial charge in [0.15, 0.2) is 11.5 Å². The number of ether oxygens (including phenoxy) is 2. The lowest BCUT2D eigenvalue weighted by atomic mass is 10.2. The van der Waals surface area contributed by atoms with Crippen LogP contribution in [0.25, 0.3) is 0 Å². The monoisotopic (exact) mass is 347 g/mol. The average molecular weight is 347 g/mol. The molecule has 0 atom stereocenters. The van der Waals surface area contributed by atoms with E-state index in [2.05, 4.69) is 6.58 Å². The van der Waals surface area contributed by atoms with E-state index >= 15 is 0 Å². The molecule has 0 radical (unpaired) electrons. The van der Waals surface area contributed by atoms with Crippen molar-refractivity contribution in [2.24, 2.45) is 0 Å². The summed E-state index contributed by atoms with van der Waals surface area (Å²) in [5.74, 6) is 0.836. The van der Waals surface area contributed by atoms with E-state index in [9.17, 15) is 8.42 Å². The van der Waals surface area contributed by atoms with Crippen LogP contribution in [0.5, 0.6) is 11.5 Å². The molecule has 0 bridgehead atoms. The summed E-state index contributed by atoms with van der Waals surface area (Å²) in [6, 6.07) is 11.8. The number of rotatable bonds is 7. The van der Waals surface area contributed by atoms with Crippen molar-refractivity contribution in [1.29, 1.82) is 0 Å². The molecule has 2 aromatic carbocycles. The molecule has 128 valence electrons. The normalized spacial score (nSPS) is 11.0. The lowest BCUT2D eigenvalue weighted by Gasteiger charge is -2.23. The number of methoxy groups -OCH3 is 2. The zero-order valence-electron chi connectivity index (χ0n) is 14.0. The fourth-order valence-electron chi connectivity index (χ4n) is 2.27.